The molecule has 7 heteroatoms. The van der Waals surface area contributed by atoms with Crippen LogP contribution >= 0.6 is 15.9 Å². The summed E-state index contributed by atoms with van der Waals surface area (Å²) in [6.07, 6.45) is 0. The van der Waals surface area contributed by atoms with E-state index in [1.165, 1.54) is 6.07 Å². The van der Waals surface area contributed by atoms with Crippen molar-refractivity contribution in [2.75, 3.05) is 6.79 Å². The zero-order valence-corrected chi connectivity index (χ0v) is 11.1. The fourth-order valence-corrected chi connectivity index (χ4v) is 2.39. The maximum absolute atomic E-state index is 10.8. The molecule has 2 aromatic rings. The third-order valence-corrected chi connectivity index (χ3v) is 3.36. The molecule has 1 aliphatic rings. The van der Waals surface area contributed by atoms with E-state index >= 15 is 0 Å². The topological polar surface area (TPSA) is 81.8 Å². The summed E-state index contributed by atoms with van der Waals surface area (Å²) in [5.41, 5.74) is 2.06. The van der Waals surface area contributed by atoms with Gasteiger partial charge in [0.1, 0.15) is 11.4 Å². The van der Waals surface area contributed by atoms with Crippen molar-refractivity contribution in [2.24, 2.45) is 0 Å². The van der Waals surface area contributed by atoms with Crippen LogP contribution in [0.15, 0.2) is 27.2 Å². The fraction of sp³-hybridized carbons (Fsp3) is 0.167. The average molecular weight is 326 g/mol. The first-order valence-electron chi connectivity index (χ1n) is 5.38. The molecular formula is C12H8BrNO5. The standard InChI is InChI=1S/C12H8BrNO5/c13-8-1-6-4-17-5-18-10(6)2-7(8)9-3-11(12(15)16)19-14-9/h1-3H,4-5H2,(H,15,16). The molecule has 0 saturated heterocycles. The Balaban J connectivity index is 2.06. The van der Waals surface area contributed by atoms with Gasteiger partial charge < -0.3 is 19.1 Å². The summed E-state index contributed by atoms with van der Waals surface area (Å²) in [7, 11) is 0. The molecule has 0 unspecified atom stereocenters. The van der Waals surface area contributed by atoms with Gasteiger partial charge in [0.15, 0.2) is 6.79 Å². The monoisotopic (exact) mass is 325 g/mol. The average Bonchev–Trinajstić information content (AvgIpc) is 2.87. The van der Waals surface area contributed by atoms with E-state index in [4.69, 9.17) is 19.1 Å². The number of hydrogen-bond donors (Lipinski definition) is 1. The van der Waals surface area contributed by atoms with Gasteiger partial charge in [0.25, 0.3) is 0 Å². The molecule has 6 nitrogen and oxygen atoms in total. The largest absolute Gasteiger partial charge is 0.475 e. The lowest BCUT2D eigenvalue weighted by Gasteiger charge is -2.18. The highest BCUT2D eigenvalue weighted by molar-refractivity contribution is 9.10. The third kappa shape index (κ3) is 2.22. The molecule has 0 amide bonds. The number of carboxylic acid groups (broad SMARTS) is 1. The molecule has 3 rings (SSSR count). The number of aromatic nitrogens is 1. The van der Waals surface area contributed by atoms with Gasteiger partial charge in [-0.05, 0) is 12.1 Å². The van der Waals surface area contributed by atoms with E-state index in [9.17, 15) is 4.79 Å². The predicted molar refractivity (Wildman–Crippen MR) is 66.9 cm³/mol. The maximum Gasteiger partial charge on any atom is 0.374 e. The Bertz CT molecular complexity index is 652. The van der Waals surface area contributed by atoms with Gasteiger partial charge in [-0.25, -0.2) is 4.79 Å². The van der Waals surface area contributed by atoms with Crippen LogP contribution in [0.5, 0.6) is 5.75 Å². The summed E-state index contributed by atoms with van der Waals surface area (Å²) < 4.78 is 16.1. The van der Waals surface area contributed by atoms with E-state index in [0.717, 1.165) is 10.0 Å². The summed E-state index contributed by atoms with van der Waals surface area (Å²) in [6, 6.07) is 5.01. The van der Waals surface area contributed by atoms with Crippen LogP contribution in [0, 0.1) is 0 Å². The number of halogens is 1. The number of benzene rings is 1. The molecule has 0 saturated carbocycles. The smallest absolute Gasteiger partial charge is 0.374 e. The minimum Gasteiger partial charge on any atom is -0.475 e. The van der Waals surface area contributed by atoms with Crippen LogP contribution in [0.4, 0.5) is 0 Å². The first-order chi connectivity index (χ1) is 9.15. The van der Waals surface area contributed by atoms with Crippen molar-refractivity contribution in [1.82, 2.24) is 5.16 Å². The highest BCUT2D eigenvalue weighted by Gasteiger charge is 2.18. The SMILES string of the molecule is O=C(O)c1cc(-c2cc3c(cc2Br)COCO3)no1. The van der Waals surface area contributed by atoms with Crippen LogP contribution in [0.25, 0.3) is 11.3 Å². The summed E-state index contributed by atoms with van der Waals surface area (Å²) in [5.74, 6) is -0.661. The summed E-state index contributed by atoms with van der Waals surface area (Å²) in [5, 5.41) is 12.6. The van der Waals surface area contributed by atoms with E-state index < -0.39 is 5.97 Å². The van der Waals surface area contributed by atoms with Crippen LogP contribution in [0.1, 0.15) is 16.1 Å². The molecule has 19 heavy (non-hydrogen) atoms. The zero-order valence-electron chi connectivity index (χ0n) is 9.55. The molecule has 0 bridgehead atoms. The third-order valence-electron chi connectivity index (χ3n) is 2.70. The Morgan fingerprint density at radius 2 is 2.21 bits per heavy atom. The number of carbonyl (C=O) groups is 1. The molecule has 0 atom stereocenters. The quantitative estimate of drug-likeness (QED) is 0.914. The molecular weight excluding hydrogens is 318 g/mol. The first-order valence-corrected chi connectivity index (χ1v) is 6.18. The normalized spacial score (nSPS) is 13.7. The Morgan fingerprint density at radius 3 is 2.95 bits per heavy atom. The van der Waals surface area contributed by atoms with Gasteiger partial charge >= 0.3 is 5.97 Å². The van der Waals surface area contributed by atoms with Crippen molar-refractivity contribution in [3.63, 3.8) is 0 Å². The molecule has 0 radical (unpaired) electrons. The van der Waals surface area contributed by atoms with Gasteiger partial charge in [-0.1, -0.05) is 21.1 Å². The van der Waals surface area contributed by atoms with Gasteiger partial charge in [-0.2, -0.15) is 0 Å². The van der Waals surface area contributed by atoms with Crippen molar-refractivity contribution >= 4 is 21.9 Å². The molecule has 98 valence electrons. The van der Waals surface area contributed by atoms with Gasteiger partial charge in [-0.3, -0.25) is 0 Å². The fourth-order valence-electron chi connectivity index (χ4n) is 1.80. The number of fused-ring (bicyclic) bond motifs is 1. The van der Waals surface area contributed by atoms with Crippen molar-refractivity contribution < 1.29 is 23.9 Å². The molecule has 0 aliphatic carbocycles. The van der Waals surface area contributed by atoms with Gasteiger partial charge in [0, 0.05) is 21.7 Å². The first kappa shape index (κ1) is 12.2. The van der Waals surface area contributed by atoms with E-state index in [-0.39, 0.29) is 12.6 Å². The number of carboxylic acids is 1. The van der Waals surface area contributed by atoms with Crippen LogP contribution in [0.2, 0.25) is 0 Å². The van der Waals surface area contributed by atoms with Gasteiger partial charge in [0.05, 0.1) is 6.61 Å². The van der Waals surface area contributed by atoms with E-state index in [0.29, 0.717) is 23.6 Å². The molecule has 1 aromatic carbocycles. The lowest BCUT2D eigenvalue weighted by atomic mass is 10.1. The van der Waals surface area contributed by atoms with E-state index in [1.54, 1.807) is 6.07 Å². The Morgan fingerprint density at radius 1 is 1.37 bits per heavy atom. The summed E-state index contributed by atoms with van der Waals surface area (Å²) in [6.45, 7) is 0.681. The molecule has 1 aliphatic heterocycles. The van der Waals surface area contributed by atoms with Gasteiger partial charge in [-0.15, -0.1) is 0 Å². The molecule has 1 aromatic heterocycles. The van der Waals surface area contributed by atoms with Gasteiger partial charge in [0.2, 0.25) is 5.76 Å². The minimum absolute atomic E-state index is 0.202. The van der Waals surface area contributed by atoms with Crippen molar-refractivity contribution in [2.45, 2.75) is 6.61 Å². The molecule has 0 spiro atoms. The number of ether oxygens (including phenoxy) is 2. The van der Waals surface area contributed by atoms with E-state index in [1.807, 2.05) is 6.07 Å². The second-order valence-corrected chi connectivity index (χ2v) is 4.79. The van der Waals surface area contributed by atoms with Crippen LogP contribution < -0.4 is 4.74 Å². The van der Waals surface area contributed by atoms with Crippen LogP contribution in [-0.4, -0.2) is 23.0 Å². The number of hydrogen-bond acceptors (Lipinski definition) is 5. The predicted octanol–water partition coefficient (Wildman–Crippen LogP) is 2.67. The molecule has 0 fully saturated rings. The highest BCUT2D eigenvalue weighted by Crippen LogP contribution is 2.36. The van der Waals surface area contributed by atoms with Crippen molar-refractivity contribution in [1.29, 1.82) is 0 Å². The molecule has 1 N–H and O–H groups in total. The number of nitrogens with zero attached hydrogens (tertiary/aromatic N) is 1. The summed E-state index contributed by atoms with van der Waals surface area (Å²) >= 11 is 3.42. The zero-order chi connectivity index (χ0) is 13.4. The van der Waals surface area contributed by atoms with Crippen molar-refractivity contribution in [3.8, 4) is 17.0 Å². The number of aromatic carboxylic acids is 1. The maximum atomic E-state index is 10.8. The molecule has 2 heterocycles. The van der Waals surface area contributed by atoms with Crippen molar-refractivity contribution in [3.05, 3.63) is 34.0 Å². The Kier molecular flexibility index (Phi) is 3.00. The second kappa shape index (κ2) is 4.67. The summed E-state index contributed by atoms with van der Waals surface area (Å²) in [4.78, 5) is 10.8. The second-order valence-electron chi connectivity index (χ2n) is 3.93. The lowest BCUT2D eigenvalue weighted by molar-refractivity contribution is -0.0163. The Labute approximate surface area is 116 Å². The minimum atomic E-state index is -1.16. The van der Waals surface area contributed by atoms with Crippen LogP contribution in [0.3, 0.4) is 0 Å². The number of rotatable bonds is 2. The van der Waals surface area contributed by atoms with Crippen LogP contribution in [-0.2, 0) is 11.3 Å². The van der Waals surface area contributed by atoms with E-state index in [2.05, 4.69) is 21.1 Å². The Hall–Kier alpha value is -1.86. The highest BCUT2D eigenvalue weighted by atomic mass is 79.9. The lowest BCUT2D eigenvalue weighted by Crippen LogP contribution is -2.11.